The van der Waals surface area contributed by atoms with Gasteiger partial charge in [0.2, 0.25) is 0 Å². The molecular formula is C33H55N5O2. The molecule has 0 aliphatic carbocycles. The van der Waals surface area contributed by atoms with E-state index in [-0.39, 0.29) is 5.97 Å². The summed E-state index contributed by atoms with van der Waals surface area (Å²) in [5, 5.41) is 0. The molecule has 0 aliphatic rings. The van der Waals surface area contributed by atoms with Gasteiger partial charge in [-0.2, -0.15) is 0 Å². The number of aromatic nitrogens is 4. The van der Waals surface area contributed by atoms with Gasteiger partial charge < -0.3 is 15.0 Å². The first-order valence-corrected chi connectivity index (χ1v) is 16.1. The SMILES string of the molecule is CCCCCCCCCCCC/C=C/C=C/CCCCCCCCCOC(=O)CCn1cnc2c(N)ncnc21. The number of rotatable bonds is 25. The number of anilines is 1. The second-order valence-corrected chi connectivity index (χ2v) is 10.9. The minimum atomic E-state index is -0.189. The Morgan fingerprint density at radius 3 is 1.93 bits per heavy atom. The van der Waals surface area contributed by atoms with Crippen LogP contribution in [0.1, 0.15) is 135 Å². The van der Waals surface area contributed by atoms with Crippen LogP contribution in [0.3, 0.4) is 0 Å². The van der Waals surface area contributed by atoms with Crippen molar-refractivity contribution in [2.24, 2.45) is 0 Å². The van der Waals surface area contributed by atoms with Crippen molar-refractivity contribution in [2.45, 2.75) is 142 Å². The number of nitrogens with zero attached hydrogens (tertiary/aromatic N) is 4. The van der Waals surface area contributed by atoms with Crippen molar-refractivity contribution in [3.05, 3.63) is 37.0 Å². The van der Waals surface area contributed by atoms with Crippen LogP contribution in [0.2, 0.25) is 0 Å². The fourth-order valence-corrected chi connectivity index (χ4v) is 4.88. The molecule has 0 unspecified atom stereocenters. The first kappa shape index (κ1) is 33.5. The molecule has 2 heterocycles. The monoisotopic (exact) mass is 553 g/mol. The highest BCUT2D eigenvalue weighted by Crippen LogP contribution is 2.15. The molecule has 0 amide bonds. The van der Waals surface area contributed by atoms with Gasteiger partial charge in [-0.05, 0) is 32.1 Å². The van der Waals surface area contributed by atoms with E-state index in [1.807, 2.05) is 0 Å². The number of imidazole rings is 1. The van der Waals surface area contributed by atoms with Gasteiger partial charge in [-0.1, -0.05) is 121 Å². The lowest BCUT2D eigenvalue weighted by atomic mass is 10.1. The van der Waals surface area contributed by atoms with E-state index in [0.29, 0.717) is 36.6 Å². The maximum Gasteiger partial charge on any atom is 0.307 e. The van der Waals surface area contributed by atoms with Crippen LogP contribution in [0.5, 0.6) is 0 Å². The third-order valence-electron chi connectivity index (χ3n) is 7.37. The number of fused-ring (bicyclic) bond motifs is 1. The lowest BCUT2D eigenvalue weighted by Gasteiger charge is -2.06. The van der Waals surface area contributed by atoms with Gasteiger partial charge in [0.15, 0.2) is 11.5 Å². The average Bonchev–Trinajstić information content (AvgIpc) is 3.38. The Labute approximate surface area is 243 Å². The Kier molecular flexibility index (Phi) is 19.3. The Morgan fingerprint density at radius 2 is 1.32 bits per heavy atom. The first-order chi connectivity index (χ1) is 19.7. The Hall–Kier alpha value is -2.70. The average molecular weight is 554 g/mol. The molecule has 2 N–H and O–H groups in total. The number of esters is 1. The van der Waals surface area contributed by atoms with Crippen LogP contribution in [-0.4, -0.2) is 32.1 Å². The molecular weight excluding hydrogens is 498 g/mol. The van der Waals surface area contributed by atoms with E-state index in [9.17, 15) is 4.79 Å². The van der Waals surface area contributed by atoms with Crippen molar-refractivity contribution in [3.63, 3.8) is 0 Å². The topological polar surface area (TPSA) is 95.9 Å². The van der Waals surface area contributed by atoms with Crippen LogP contribution < -0.4 is 5.73 Å². The molecule has 2 aromatic rings. The third kappa shape index (κ3) is 15.8. The highest BCUT2D eigenvalue weighted by Gasteiger charge is 2.10. The van der Waals surface area contributed by atoms with Crippen molar-refractivity contribution in [2.75, 3.05) is 12.3 Å². The summed E-state index contributed by atoms with van der Waals surface area (Å²) in [5.41, 5.74) is 7.00. The number of nitrogens with two attached hydrogens (primary N) is 1. The minimum absolute atomic E-state index is 0.189. The van der Waals surface area contributed by atoms with Gasteiger partial charge in [0.05, 0.1) is 19.4 Å². The van der Waals surface area contributed by atoms with Crippen molar-refractivity contribution in [3.8, 4) is 0 Å². The fraction of sp³-hybridized carbons (Fsp3) is 0.697. The summed E-state index contributed by atoms with van der Waals surface area (Å²) in [4.78, 5) is 24.4. The predicted octanol–water partition coefficient (Wildman–Crippen LogP) is 8.89. The quantitative estimate of drug-likeness (QED) is 0.0749. The third-order valence-corrected chi connectivity index (χ3v) is 7.37. The zero-order valence-electron chi connectivity index (χ0n) is 25.2. The minimum Gasteiger partial charge on any atom is -0.466 e. The van der Waals surface area contributed by atoms with Crippen molar-refractivity contribution >= 4 is 23.0 Å². The van der Waals surface area contributed by atoms with Gasteiger partial charge in [0, 0.05) is 6.54 Å². The van der Waals surface area contributed by atoms with Gasteiger partial charge in [-0.3, -0.25) is 4.79 Å². The van der Waals surface area contributed by atoms with E-state index >= 15 is 0 Å². The predicted molar refractivity (Wildman–Crippen MR) is 167 cm³/mol. The molecule has 0 saturated heterocycles. The van der Waals surface area contributed by atoms with Crippen LogP contribution in [0.25, 0.3) is 11.2 Å². The fourth-order valence-electron chi connectivity index (χ4n) is 4.88. The highest BCUT2D eigenvalue weighted by molar-refractivity contribution is 5.81. The first-order valence-electron chi connectivity index (χ1n) is 16.1. The summed E-state index contributed by atoms with van der Waals surface area (Å²) in [6.45, 7) is 3.25. The molecule has 0 aliphatic heterocycles. The summed E-state index contributed by atoms with van der Waals surface area (Å²) >= 11 is 0. The van der Waals surface area contributed by atoms with Crippen molar-refractivity contribution < 1.29 is 9.53 Å². The number of hydrogen-bond donors (Lipinski definition) is 1. The molecule has 0 bridgehead atoms. The lowest BCUT2D eigenvalue weighted by Crippen LogP contribution is -2.10. The number of allylic oxidation sites excluding steroid dienone is 4. The van der Waals surface area contributed by atoms with Crippen LogP contribution in [-0.2, 0) is 16.1 Å². The summed E-state index contributed by atoms with van der Waals surface area (Å²) in [6, 6.07) is 0. The summed E-state index contributed by atoms with van der Waals surface area (Å²) in [6.07, 6.45) is 37.2. The number of nitrogen functional groups attached to an aromatic ring is 1. The molecule has 0 saturated carbocycles. The number of unbranched alkanes of at least 4 members (excludes halogenated alkanes) is 17. The maximum absolute atomic E-state index is 12.0. The molecule has 7 nitrogen and oxygen atoms in total. The van der Waals surface area contributed by atoms with Crippen LogP contribution in [0.15, 0.2) is 37.0 Å². The Balaban J connectivity index is 1.30. The zero-order valence-corrected chi connectivity index (χ0v) is 25.2. The van der Waals surface area contributed by atoms with E-state index in [1.165, 1.54) is 115 Å². The standard InChI is InChI=1S/C33H55N5O2/c1-2-3-4-5-6-7-8-9-10-11-12-13-14-15-16-17-18-19-20-21-22-23-24-27-40-30(39)25-26-38-29-37-31-32(34)35-28-36-33(31)38/h13-16,28-29H,2-12,17-27H2,1H3,(H2,34,35,36)/b14-13+,16-15+. The van der Waals surface area contributed by atoms with E-state index in [4.69, 9.17) is 10.5 Å². The summed E-state index contributed by atoms with van der Waals surface area (Å²) in [5.74, 6) is 0.159. The van der Waals surface area contributed by atoms with Crippen molar-refractivity contribution in [1.82, 2.24) is 19.5 Å². The molecule has 0 aromatic carbocycles. The second-order valence-electron chi connectivity index (χ2n) is 10.9. The van der Waals surface area contributed by atoms with Crippen LogP contribution >= 0.6 is 0 Å². The van der Waals surface area contributed by atoms with E-state index in [1.54, 1.807) is 10.9 Å². The van der Waals surface area contributed by atoms with Crippen LogP contribution in [0, 0.1) is 0 Å². The van der Waals surface area contributed by atoms with E-state index < -0.39 is 0 Å². The summed E-state index contributed by atoms with van der Waals surface area (Å²) < 4.78 is 7.19. The smallest absolute Gasteiger partial charge is 0.307 e. The number of aryl methyl sites for hydroxylation is 1. The maximum atomic E-state index is 12.0. The zero-order chi connectivity index (χ0) is 28.5. The highest BCUT2D eigenvalue weighted by atomic mass is 16.5. The normalized spacial score (nSPS) is 11.8. The molecule has 0 fully saturated rings. The van der Waals surface area contributed by atoms with E-state index in [0.717, 1.165) is 12.8 Å². The number of ether oxygens (including phenoxy) is 1. The van der Waals surface area contributed by atoms with Gasteiger partial charge in [0.1, 0.15) is 11.8 Å². The molecule has 224 valence electrons. The second kappa shape index (κ2) is 23.0. The molecule has 7 heteroatoms. The Bertz CT molecular complexity index is 969. The number of hydrogen-bond acceptors (Lipinski definition) is 6. The molecule has 0 atom stereocenters. The molecule has 2 rings (SSSR count). The summed E-state index contributed by atoms with van der Waals surface area (Å²) in [7, 11) is 0. The van der Waals surface area contributed by atoms with E-state index in [2.05, 4.69) is 46.2 Å². The molecule has 40 heavy (non-hydrogen) atoms. The number of carbonyl (C=O) groups is 1. The van der Waals surface area contributed by atoms with Gasteiger partial charge in [0.25, 0.3) is 0 Å². The lowest BCUT2D eigenvalue weighted by molar-refractivity contribution is -0.144. The van der Waals surface area contributed by atoms with Gasteiger partial charge in [-0.25, -0.2) is 15.0 Å². The largest absolute Gasteiger partial charge is 0.466 e. The molecule has 0 radical (unpaired) electrons. The van der Waals surface area contributed by atoms with Crippen molar-refractivity contribution in [1.29, 1.82) is 0 Å². The molecule has 2 aromatic heterocycles. The van der Waals surface area contributed by atoms with Crippen LogP contribution in [0.4, 0.5) is 5.82 Å². The van der Waals surface area contributed by atoms with Gasteiger partial charge in [-0.15, -0.1) is 0 Å². The number of carbonyl (C=O) groups excluding carboxylic acids is 1. The molecule has 0 spiro atoms. The Morgan fingerprint density at radius 1 is 0.775 bits per heavy atom. The van der Waals surface area contributed by atoms with Gasteiger partial charge >= 0.3 is 5.97 Å².